The molecule has 0 aromatic heterocycles. The summed E-state index contributed by atoms with van der Waals surface area (Å²) < 4.78 is 23.4. The number of hydrogen-bond donors (Lipinski definition) is 4. The van der Waals surface area contributed by atoms with E-state index in [1.54, 1.807) is 37.4 Å². The summed E-state index contributed by atoms with van der Waals surface area (Å²) in [5, 5.41) is 25.7. The minimum absolute atomic E-state index is 0.0219. The predicted octanol–water partition coefficient (Wildman–Crippen LogP) is 5.40. The van der Waals surface area contributed by atoms with Gasteiger partial charge in [-0.1, -0.05) is 6.07 Å². The number of phenolic OH excluding ortho intramolecular Hbond substituents is 2. The van der Waals surface area contributed by atoms with E-state index in [0.717, 1.165) is 0 Å². The van der Waals surface area contributed by atoms with Crippen molar-refractivity contribution in [3.63, 3.8) is 0 Å². The zero-order valence-electron chi connectivity index (χ0n) is 23.7. The van der Waals surface area contributed by atoms with Crippen molar-refractivity contribution in [3.8, 4) is 23.0 Å². The van der Waals surface area contributed by atoms with Gasteiger partial charge in [0.05, 0.1) is 23.4 Å². The third-order valence-corrected chi connectivity index (χ3v) is 7.41. The topological polar surface area (TPSA) is 136 Å². The lowest BCUT2D eigenvalue weighted by Crippen LogP contribution is -2.39. The smallest absolute Gasteiger partial charge is 0.340 e. The van der Waals surface area contributed by atoms with Gasteiger partial charge >= 0.3 is 12.0 Å². The molecule has 0 atom stereocenters. The molecule has 2 amide bonds. The molecular weight excluding hydrogens is 528 g/mol. The lowest BCUT2D eigenvalue weighted by atomic mass is 9.77. The third kappa shape index (κ3) is 5.40. The Morgan fingerprint density at radius 3 is 2.12 bits per heavy atom. The second-order valence-corrected chi connectivity index (χ2v) is 11.4. The number of carbonyl (C=O) groups excluding carboxylic acids is 2. The summed E-state index contributed by atoms with van der Waals surface area (Å²) >= 11 is 0. The number of aromatic hydroxyl groups is 2. The van der Waals surface area contributed by atoms with Crippen LogP contribution in [0.3, 0.4) is 0 Å². The fourth-order valence-corrected chi connectivity index (χ4v) is 4.94. The highest BCUT2D eigenvalue weighted by Crippen LogP contribution is 2.57. The maximum atomic E-state index is 13.3. The molecule has 0 bridgehead atoms. The number of esters is 1. The van der Waals surface area contributed by atoms with Crippen LogP contribution >= 0.6 is 0 Å². The second-order valence-electron chi connectivity index (χ2n) is 11.4. The molecule has 4 N–H and O–H groups in total. The summed E-state index contributed by atoms with van der Waals surface area (Å²) in [7, 11) is 1.64. The Bertz CT molecular complexity index is 1460. The van der Waals surface area contributed by atoms with E-state index < -0.39 is 28.8 Å². The molecule has 0 fully saturated rings. The van der Waals surface area contributed by atoms with E-state index >= 15 is 0 Å². The van der Waals surface area contributed by atoms with Crippen molar-refractivity contribution in [1.29, 1.82) is 0 Å². The quantitative estimate of drug-likeness (QED) is 0.268. The first kappa shape index (κ1) is 28.3. The molecule has 2 aliphatic rings. The molecule has 2 aliphatic heterocycles. The maximum absolute atomic E-state index is 13.3. The average molecular weight is 563 g/mol. The van der Waals surface area contributed by atoms with Gasteiger partial charge in [0.15, 0.2) is 5.60 Å². The maximum Gasteiger partial charge on any atom is 0.340 e. The Kier molecular flexibility index (Phi) is 7.08. The van der Waals surface area contributed by atoms with Gasteiger partial charge in [0.2, 0.25) is 0 Å². The van der Waals surface area contributed by atoms with Gasteiger partial charge in [0, 0.05) is 48.2 Å². The van der Waals surface area contributed by atoms with Crippen LogP contribution in [0.1, 0.15) is 61.2 Å². The number of fused-ring (bicyclic) bond motifs is 6. The monoisotopic (exact) mass is 562 g/mol. The zero-order valence-corrected chi connectivity index (χ0v) is 23.7. The molecule has 10 heteroatoms. The molecule has 2 heterocycles. The Morgan fingerprint density at radius 1 is 0.902 bits per heavy atom. The summed E-state index contributed by atoms with van der Waals surface area (Å²) in [6, 6.07) is 13.7. The Hall–Kier alpha value is -4.28. The molecule has 41 heavy (non-hydrogen) atoms. The van der Waals surface area contributed by atoms with Gasteiger partial charge in [-0.3, -0.25) is 0 Å². The Morgan fingerprint density at radius 2 is 1.51 bits per heavy atom. The molecule has 0 saturated heterocycles. The summed E-state index contributed by atoms with van der Waals surface area (Å²) in [5.74, 6) is -0.0364. The van der Waals surface area contributed by atoms with Crippen LogP contribution in [0.5, 0.6) is 23.0 Å². The van der Waals surface area contributed by atoms with E-state index in [2.05, 4.69) is 10.6 Å². The van der Waals surface area contributed by atoms with Crippen molar-refractivity contribution in [3.05, 3.63) is 76.9 Å². The highest BCUT2D eigenvalue weighted by molar-refractivity contribution is 5.99. The average Bonchev–Trinajstić information content (AvgIpc) is 3.19. The van der Waals surface area contributed by atoms with Crippen LogP contribution in [-0.4, -0.2) is 53.7 Å². The van der Waals surface area contributed by atoms with Gasteiger partial charge in [-0.15, -0.1) is 0 Å². The predicted molar refractivity (Wildman–Crippen MR) is 151 cm³/mol. The van der Waals surface area contributed by atoms with Crippen LogP contribution in [0.4, 0.5) is 10.5 Å². The van der Waals surface area contributed by atoms with E-state index in [1.165, 1.54) is 24.3 Å². The van der Waals surface area contributed by atoms with Gasteiger partial charge in [-0.25, -0.2) is 9.59 Å². The molecule has 5 rings (SSSR count). The summed E-state index contributed by atoms with van der Waals surface area (Å²) in [5.41, 5.74) is 0.0471. The molecule has 3 aromatic rings. The number of phenols is 2. The number of urea groups is 1. The number of rotatable bonds is 8. The lowest BCUT2D eigenvalue weighted by molar-refractivity contribution is -0.108. The van der Waals surface area contributed by atoms with E-state index in [4.69, 9.17) is 18.9 Å². The normalized spacial score (nSPS) is 14.9. The molecule has 0 radical (unpaired) electrons. The summed E-state index contributed by atoms with van der Waals surface area (Å²) in [6.45, 7) is 8.58. The van der Waals surface area contributed by atoms with Crippen molar-refractivity contribution in [2.24, 2.45) is 0 Å². The molecule has 10 nitrogen and oxygen atoms in total. The summed E-state index contributed by atoms with van der Waals surface area (Å²) in [4.78, 5) is 25.9. The third-order valence-electron chi connectivity index (χ3n) is 7.41. The van der Waals surface area contributed by atoms with E-state index in [9.17, 15) is 19.8 Å². The molecule has 3 aromatic carbocycles. The SMILES string of the molecule is COC(C)(C)COC(C)(C)CCNC(=O)Nc1ccc2c(c1)C(=O)OC21c2ccc(O)cc2Oc2cc(O)ccc21. The minimum atomic E-state index is -1.36. The van der Waals surface area contributed by atoms with E-state index in [0.29, 0.717) is 53.4 Å². The standard InChI is InChI=1S/C31H34N2O8/c1-29(2,39-17-30(3,4)38-5)12-13-32-28(37)33-18-6-9-22-21(14-18)27(36)41-31(22)23-10-7-19(34)15-25(23)40-26-16-20(35)8-11-24(26)31/h6-11,14-16,34-35H,12-13,17H2,1-5H3,(H2,32,33,37). The lowest BCUT2D eigenvalue weighted by Gasteiger charge is -2.36. The first-order chi connectivity index (χ1) is 19.3. The minimum Gasteiger partial charge on any atom is -0.508 e. The first-order valence-corrected chi connectivity index (χ1v) is 13.3. The van der Waals surface area contributed by atoms with Gasteiger partial charge in [-0.2, -0.15) is 0 Å². The molecule has 0 unspecified atom stereocenters. The van der Waals surface area contributed by atoms with Gasteiger partial charge in [-0.05, 0) is 70.5 Å². The van der Waals surface area contributed by atoms with Gasteiger partial charge < -0.3 is 39.8 Å². The van der Waals surface area contributed by atoms with Crippen LogP contribution in [0.15, 0.2) is 54.6 Å². The number of benzene rings is 3. The fourth-order valence-electron chi connectivity index (χ4n) is 4.94. The number of methoxy groups -OCH3 is 1. The van der Waals surface area contributed by atoms with Crippen molar-refractivity contribution < 1.29 is 38.7 Å². The van der Waals surface area contributed by atoms with Crippen molar-refractivity contribution in [2.45, 2.75) is 50.9 Å². The zero-order chi connectivity index (χ0) is 29.6. The Labute approximate surface area is 238 Å². The number of hydrogen-bond acceptors (Lipinski definition) is 8. The number of ether oxygens (including phenoxy) is 4. The molecule has 216 valence electrons. The number of nitrogens with one attached hydrogen (secondary N) is 2. The largest absolute Gasteiger partial charge is 0.508 e. The highest BCUT2D eigenvalue weighted by atomic mass is 16.6. The van der Waals surface area contributed by atoms with Crippen molar-refractivity contribution >= 4 is 17.7 Å². The van der Waals surface area contributed by atoms with Gasteiger partial charge in [0.1, 0.15) is 23.0 Å². The van der Waals surface area contributed by atoms with Crippen molar-refractivity contribution in [1.82, 2.24) is 5.32 Å². The summed E-state index contributed by atoms with van der Waals surface area (Å²) in [6.07, 6.45) is 0.575. The molecule has 1 spiro atoms. The fraction of sp³-hybridized carbons (Fsp3) is 0.355. The number of anilines is 1. The second kappa shape index (κ2) is 10.3. The van der Waals surface area contributed by atoms with Crippen LogP contribution in [0, 0.1) is 0 Å². The number of amides is 2. The van der Waals surface area contributed by atoms with Crippen molar-refractivity contribution in [2.75, 3.05) is 25.6 Å². The van der Waals surface area contributed by atoms with E-state index in [-0.39, 0.29) is 17.1 Å². The van der Waals surface area contributed by atoms with Gasteiger partial charge in [0.25, 0.3) is 0 Å². The van der Waals surface area contributed by atoms with Crippen LogP contribution in [0.25, 0.3) is 0 Å². The molecule has 0 saturated carbocycles. The first-order valence-electron chi connectivity index (χ1n) is 13.3. The molecular formula is C31H34N2O8. The molecule has 0 aliphatic carbocycles. The highest BCUT2D eigenvalue weighted by Gasteiger charge is 2.53. The van der Waals surface area contributed by atoms with Crippen LogP contribution in [0.2, 0.25) is 0 Å². The van der Waals surface area contributed by atoms with Crippen LogP contribution in [-0.2, 0) is 19.8 Å². The number of carbonyl (C=O) groups is 2. The Balaban J connectivity index is 1.35. The van der Waals surface area contributed by atoms with E-state index in [1.807, 2.05) is 27.7 Å². The van der Waals surface area contributed by atoms with Crippen LogP contribution < -0.4 is 15.4 Å².